The van der Waals surface area contributed by atoms with Gasteiger partial charge in [-0.2, -0.15) is 0 Å². The van der Waals surface area contributed by atoms with Gasteiger partial charge >= 0.3 is 29.6 Å². The Labute approximate surface area is 522 Å². The van der Waals surface area contributed by atoms with Crippen LogP contribution in [0, 0.1) is 5.92 Å². The molecule has 20 nitrogen and oxygen atoms in total. The third kappa shape index (κ3) is 30.3. The van der Waals surface area contributed by atoms with Crippen LogP contribution in [0.3, 0.4) is 0 Å². The van der Waals surface area contributed by atoms with Crippen LogP contribution in [0.5, 0.6) is 0 Å². The van der Waals surface area contributed by atoms with Crippen molar-refractivity contribution in [1.29, 1.82) is 0 Å². The fraction of sp³-hybridized carbons (Fsp3) is 0.790. The standard InChI is InChI=1S/C62H104O20S.Na/c1-6-21-42(4)32-48-37-50(69)52(77-48)26-19-18-24-40(2)22-16-14-12-10-8-7-9-11-13-15-17-23-41(3)28-31-54-53(79-54)27-20-25-47(78-62-60(73)59(72)58(71)57(39-63)81-62)36-46(67)35-45(66)34-44(65)29-30-49(68)55-38-51(70)61(82-83(74,75)76)56(80-55)33-43(5)64;/h6,8,10,16,18-19,22,41,43-44,46-65,67-73H,1-2,4,7,9,11-15,17,20-21,23-39H2,3,5H3,(H,74,75,76);/q;+1/p-1/b10-8+,19-18+,22-16+;/t41?,43?,44?,46?,47?,48-,49?,50?,51?,52+,53?,54?,55+,56-,57-,58?,59?,60?,61?,62?;/m1./s1. The van der Waals surface area contributed by atoms with E-state index in [2.05, 4.69) is 67.3 Å². The minimum absolute atomic E-state index is 0. The molecule has 4 aliphatic rings. The minimum Gasteiger partial charge on any atom is -0.726 e. The second-order valence-electron chi connectivity index (χ2n) is 23.9. The summed E-state index contributed by atoms with van der Waals surface area (Å²) in [6, 6.07) is 0. The Hall–Kier alpha value is -1.62. The van der Waals surface area contributed by atoms with E-state index >= 15 is 0 Å². The maximum absolute atomic E-state index is 13.1. The molecule has 4 aliphatic heterocycles. The molecule has 0 saturated carbocycles. The molecular weight excluding hydrogens is 1120 g/mol. The van der Waals surface area contributed by atoms with Crippen LogP contribution in [-0.2, 0) is 43.1 Å². The number of aliphatic hydroxyl groups excluding tert-OH is 10. The number of hydrogen-bond acceptors (Lipinski definition) is 20. The number of rotatable bonds is 44. The fourth-order valence-electron chi connectivity index (χ4n) is 11.4. The van der Waals surface area contributed by atoms with E-state index in [1.165, 1.54) is 45.4 Å². The predicted octanol–water partition coefficient (Wildman–Crippen LogP) is 2.82. The van der Waals surface area contributed by atoms with Crippen LogP contribution < -0.4 is 29.6 Å². The second kappa shape index (κ2) is 40.9. The number of ether oxygens (including phenoxy) is 5. The molecule has 4 fully saturated rings. The first-order valence-electron chi connectivity index (χ1n) is 30.5. The normalized spacial score (nSPS) is 30.5. The summed E-state index contributed by atoms with van der Waals surface area (Å²) < 4.78 is 67.7. The zero-order valence-corrected chi connectivity index (χ0v) is 53.1. The van der Waals surface area contributed by atoms with Crippen LogP contribution in [0.15, 0.2) is 73.4 Å². The van der Waals surface area contributed by atoms with Crippen molar-refractivity contribution in [3.63, 3.8) is 0 Å². The van der Waals surface area contributed by atoms with Gasteiger partial charge in [0.25, 0.3) is 0 Å². The van der Waals surface area contributed by atoms with Crippen molar-refractivity contribution in [2.75, 3.05) is 6.61 Å². The molecule has 0 aromatic heterocycles. The molecule has 0 aromatic rings. The molecule has 84 heavy (non-hydrogen) atoms. The Morgan fingerprint density at radius 3 is 2.10 bits per heavy atom. The molecule has 20 atom stereocenters. The van der Waals surface area contributed by atoms with Crippen molar-refractivity contribution in [2.24, 2.45) is 5.92 Å². The maximum atomic E-state index is 13.1. The number of aliphatic hydroxyl groups is 10. The first kappa shape index (κ1) is 76.6. The fourth-order valence-corrected chi connectivity index (χ4v) is 11.9. The summed E-state index contributed by atoms with van der Waals surface area (Å²) in [6.07, 6.45) is 11.7. The molecule has 0 bridgehead atoms. The number of Topliss-reactive ketones (excluding diaryl/α,β-unsaturated/α-hetero) is 1. The molecule has 0 radical (unpaired) electrons. The Morgan fingerprint density at radius 1 is 0.690 bits per heavy atom. The molecule has 10 N–H and O–H groups in total. The zero-order chi connectivity index (χ0) is 61.1. The number of allylic oxidation sites excluding steroid dienone is 7. The number of epoxide rings is 1. The molecule has 0 aromatic carbocycles. The molecule has 4 rings (SSSR count). The van der Waals surface area contributed by atoms with Gasteiger partial charge in [0.1, 0.15) is 36.3 Å². The van der Waals surface area contributed by atoms with Gasteiger partial charge in [0.05, 0.1) is 86.0 Å². The first-order chi connectivity index (χ1) is 39.5. The molecule has 22 heteroatoms. The monoisotopic (exact) mass is 1220 g/mol. The van der Waals surface area contributed by atoms with Crippen LogP contribution in [0.4, 0.5) is 0 Å². The summed E-state index contributed by atoms with van der Waals surface area (Å²) in [5, 5.41) is 105. The molecule has 478 valence electrons. The minimum atomic E-state index is -5.23. The third-order valence-corrected chi connectivity index (χ3v) is 16.6. The van der Waals surface area contributed by atoms with Crippen molar-refractivity contribution in [1.82, 2.24) is 0 Å². The summed E-state index contributed by atoms with van der Waals surface area (Å²) in [5.41, 5.74) is 2.13. The van der Waals surface area contributed by atoms with E-state index in [0.717, 1.165) is 62.5 Å². The van der Waals surface area contributed by atoms with Gasteiger partial charge in [-0.1, -0.05) is 106 Å². The van der Waals surface area contributed by atoms with Gasteiger partial charge in [-0.05, 0) is 109 Å². The van der Waals surface area contributed by atoms with Gasteiger partial charge < -0.3 is 79.3 Å². The summed E-state index contributed by atoms with van der Waals surface area (Å²) in [4.78, 5) is 13.1. The van der Waals surface area contributed by atoms with E-state index < -0.39 is 115 Å². The van der Waals surface area contributed by atoms with E-state index in [1.807, 2.05) is 6.08 Å². The number of carbonyl (C=O) groups excluding carboxylic acids is 1. The SMILES string of the molecule is C=CCC(=C)C[C@@H]1CC(O)[C@H](C/C=C/CC(=C)/C=C/CC/C=C/CCCCCCCC(C)CCC2OC2CCCC(CC(O)CC(=O)CC(O)CCC(O)[C@@H]2CC(O)C(OS(=O)(=O)[O-])[C@@H](CC(C)O)O2)OC2O[C@H](CO)C(O)C(O)C2O)O1.[Na+]. The van der Waals surface area contributed by atoms with Crippen LogP contribution in [0.2, 0.25) is 0 Å². The third-order valence-electron chi connectivity index (χ3n) is 16.1. The summed E-state index contributed by atoms with van der Waals surface area (Å²) >= 11 is 0. The van der Waals surface area contributed by atoms with Crippen LogP contribution >= 0.6 is 0 Å². The topological polar surface area (TPSA) is 335 Å². The summed E-state index contributed by atoms with van der Waals surface area (Å²) in [5.74, 6) is 0.0765. The maximum Gasteiger partial charge on any atom is 1.00 e. The molecule has 4 heterocycles. The number of unbranched alkanes of at least 4 members (excludes halogenated alkanes) is 6. The quantitative estimate of drug-likeness (QED) is 0.00797. The Balaban J connectivity index is 0.0000185. The van der Waals surface area contributed by atoms with Crippen LogP contribution in [0.25, 0.3) is 0 Å². The smallest absolute Gasteiger partial charge is 0.726 e. The van der Waals surface area contributed by atoms with Gasteiger partial charge in [0.15, 0.2) is 6.29 Å². The molecule has 0 amide bonds. The van der Waals surface area contributed by atoms with Gasteiger partial charge in [0, 0.05) is 38.5 Å². The van der Waals surface area contributed by atoms with Gasteiger partial charge in [0.2, 0.25) is 10.4 Å². The van der Waals surface area contributed by atoms with Gasteiger partial charge in [-0.25, -0.2) is 8.42 Å². The number of carbonyl (C=O) groups is 1. The first-order valence-corrected chi connectivity index (χ1v) is 31.9. The van der Waals surface area contributed by atoms with Crippen molar-refractivity contribution >= 4 is 16.2 Å². The van der Waals surface area contributed by atoms with Crippen molar-refractivity contribution in [3.05, 3.63) is 73.4 Å². The molecular formula is C62H103NaO20S. The van der Waals surface area contributed by atoms with Crippen molar-refractivity contribution in [2.45, 2.75) is 297 Å². The molecule has 15 unspecified atom stereocenters. The van der Waals surface area contributed by atoms with E-state index in [4.69, 9.17) is 23.7 Å². The van der Waals surface area contributed by atoms with E-state index in [9.17, 15) is 68.8 Å². The Bertz CT molecular complexity index is 2090. The van der Waals surface area contributed by atoms with E-state index in [1.54, 1.807) is 0 Å². The van der Waals surface area contributed by atoms with Gasteiger partial charge in [-0.3, -0.25) is 8.98 Å². The Kier molecular flexibility index (Phi) is 37.3. The summed E-state index contributed by atoms with van der Waals surface area (Å²) in [6.45, 7) is 15.0. The van der Waals surface area contributed by atoms with E-state index in [-0.39, 0.29) is 98.9 Å². The Morgan fingerprint density at radius 2 is 1.38 bits per heavy atom. The second-order valence-corrected chi connectivity index (χ2v) is 24.9. The van der Waals surface area contributed by atoms with Crippen molar-refractivity contribution in [3.8, 4) is 0 Å². The predicted molar refractivity (Wildman–Crippen MR) is 311 cm³/mol. The molecule has 4 saturated heterocycles. The molecule has 0 aliphatic carbocycles. The number of hydrogen-bond donors (Lipinski definition) is 10. The van der Waals surface area contributed by atoms with Gasteiger partial charge in [-0.15, -0.1) is 6.58 Å². The zero-order valence-electron chi connectivity index (χ0n) is 50.3. The van der Waals surface area contributed by atoms with E-state index in [0.29, 0.717) is 38.0 Å². The number of ketones is 1. The average Bonchev–Trinajstić information content (AvgIpc) is 3.50. The van der Waals surface area contributed by atoms with Crippen LogP contribution in [-0.4, -0.2) is 193 Å². The van der Waals surface area contributed by atoms with Crippen LogP contribution in [0.1, 0.15) is 181 Å². The summed E-state index contributed by atoms with van der Waals surface area (Å²) in [7, 11) is -5.23. The average molecular weight is 1220 g/mol. The largest absolute Gasteiger partial charge is 1.00 e. The molecule has 0 spiro atoms. The van der Waals surface area contributed by atoms with Crippen molar-refractivity contribution < 1.29 is 126 Å².